The van der Waals surface area contributed by atoms with Crippen molar-refractivity contribution in [2.75, 3.05) is 5.32 Å². The SMILES string of the molecule is CCc1ccc(C(=O)N[C@@H](C)c2ccc(NC(=O)OCc3ccc(Cl)cc3)cc2)cn1. The Hall–Kier alpha value is -3.38. The smallest absolute Gasteiger partial charge is 0.411 e. The van der Waals surface area contributed by atoms with Gasteiger partial charge in [-0.25, -0.2) is 4.79 Å². The Morgan fingerprint density at radius 1 is 1.03 bits per heavy atom. The van der Waals surface area contributed by atoms with Crippen LogP contribution in [0.15, 0.2) is 66.9 Å². The van der Waals surface area contributed by atoms with Crippen LogP contribution in [0.2, 0.25) is 5.02 Å². The predicted molar refractivity (Wildman–Crippen MR) is 121 cm³/mol. The average Bonchev–Trinajstić information content (AvgIpc) is 2.79. The van der Waals surface area contributed by atoms with Gasteiger partial charge in [-0.2, -0.15) is 0 Å². The lowest BCUT2D eigenvalue weighted by Gasteiger charge is -2.15. The molecule has 1 heterocycles. The molecule has 1 aromatic heterocycles. The van der Waals surface area contributed by atoms with E-state index >= 15 is 0 Å². The van der Waals surface area contributed by atoms with Gasteiger partial charge in [0.1, 0.15) is 6.61 Å². The normalized spacial score (nSPS) is 11.5. The number of nitrogens with one attached hydrogen (secondary N) is 2. The summed E-state index contributed by atoms with van der Waals surface area (Å²) in [6, 6.07) is 17.7. The summed E-state index contributed by atoms with van der Waals surface area (Å²) in [4.78, 5) is 28.7. The van der Waals surface area contributed by atoms with Crippen molar-refractivity contribution >= 4 is 29.3 Å². The molecule has 0 aliphatic carbocycles. The molecular formula is C24H24ClN3O3. The van der Waals surface area contributed by atoms with Crippen molar-refractivity contribution in [2.24, 2.45) is 0 Å². The lowest BCUT2D eigenvalue weighted by molar-refractivity contribution is 0.0939. The number of carbonyl (C=O) groups is 2. The fourth-order valence-electron chi connectivity index (χ4n) is 2.87. The van der Waals surface area contributed by atoms with Gasteiger partial charge in [0.05, 0.1) is 11.6 Å². The van der Waals surface area contributed by atoms with Gasteiger partial charge in [0, 0.05) is 22.6 Å². The van der Waals surface area contributed by atoms with E-state index in [4.69, 9.17) is 16.3 Å². The first-order valence-corrected chi connectivity index (χ1v) is 10.4. The van der Waals surface area contributed by atoms with E-state index in [-0.39, 0.29) is 18.6 Å². The first-order chi connectivity index (χ1) is 14.9. The molecule has 3 rings (SSSR count). The van der Waals surface area contributed by atoms with Crippen molar-refractivity contribution in [2.45, 2.75) is 32.9 Å². The number of rotatable bonds is 7. The third kappa shape index (κ3) is 6.55. The minimum atomic E-state index is -0.549. The molecule has 31 heavy (non-hydrogen) atoms. The molecule has 2 aromatic carbocycles. The number of halogens is 1. The number of hydrogen-bond acceptors (Lipinski definition) is 4. The lowest BCUT2D eigenvalue weighted by atomic mass is 10.1. The van der Waals surface area contributed by atoms with E-state index < -0.39 is 6.09 Å². The van der Waals surface area contributed by atoms with Crippen molar-refractivity contribution in [3.63, 3.8) is 0 Å². The molecule has 0 radical (unpaired) electrons. The Labute approximate surface area is 186 Å². The minimum Gasteiger partial charge on any atom is -0.444 e. The minimum absolute atomic E-state index is 0.151. The van der Waals surface area contributed by atoms with Crippen LogP contribution in [0.25, 0.3) is 0 Å². The molecule has 2 amide bonds. The number of benzene rings is 2. The Morgan fingerprint density at radius 2 is 1.74 bits per heavy atom. The molecule has 0 fully saturated rings. The summed E-state index contributed by atoms with van der Waals surface area (Å²) in [6.45, 7) is 4.06. The maximum Gasteiger partial charge on any atom is 0.411 e. The zero-order chi connectivity index (χ0) is 22.2. The maximum atomic E-state index is 12.4. The van der Waals surface area contributed by atoms with Gasteiger partial charge in [0.15, 0.2) is 0 Å². The molecule has 6 nitrogen and oxygen atoms in total. The summed E-state index contributed by atoms with van der Waals surface area (Å²) in [5.41, 5.74) is 3.82. The summed E-state index contributed by atoms with van der Waals surface area (Å²) < 4.78 is 5.21. The second-order valence-electron chi connectivity index (χ2n) is 7.04. The van der Waals surface area contributed by atoms with Gasteiger partial charge in [-0.1, -0.05) is 42.8 Å². The van der Waals surface area contributed by atoms with Gasteiger partial charge in [0.2, 0.25) is 0 Å². The summed E-state index contributed by atoms with van der Waals surface area (Å²) in [7, 11) is 0. The summed E-state index contributed by atoms with van der Waals surface area (Å²) in [6.07, 6.45) is 1.86. The van der Waals surface area contributed by atoms with Crippen molar-refractivity contribution < 1.29 is 14.3 Å². The third-order valence-corrected chi connectivity index (χ3v) is 4.99. The number of aromatic nitrogens is 1. The molecule has 1 atom stereocenters. The highest BCUT2D eigenvalue weighted by Crippen LogP contribution is 2.17. The third-order valence-electron chi connectivity index (χ3n) is 4.74. The number of aryl methyl sites for hydroxylation is 1. The molecule has 0 bridgehead atoms. The molecule has 3 aromatic rings. The summed E-state index contributed by atoms with van der Waals surface area (Å²) in [5.74, 6) is -0.185. The zero-order valence-corrected chi connectivity index (χ0v) is 18.1. The Kier molecular flexibility index (Phi) is 7.62. The summed E-state index contributed by atoms with van der Waals surface area (Å²) >= 11 is 5.84. The van der Waals surface area contributed by atoms with Gasteiger partial charge in [0.25, 0.3) is 5.91 Å². The van der Waals surface area contributed by atoms with Crippen LogP contribution in [0, 0.1) is 0 Å². The predicted octanol–water partition coefficient (Wildman–Crippen LogP) is 5.54. The van der Waals surface area contributed by atoms with E-state index in [9.17, 15) is 9.59 Å². The number of hydrogen-bond donors (Lipinski definition) is 2. The molecule has 160 valence electrons. The fraction of sp³-hybridized carbons (Fsp3) is 0.208. The highest BCUT2D eigenvalue weighted by atomic mass is 35.5. The number of ether oxygens (including phenoxy) is 1. The van der Waals surface area contributed by atoms with Crippen LogP contribution in [-0.4, -0.2) is 17.0 Å². The number of pyridine rings is 1. The van der Waals surface area contributed by atoms with Gasteiger partial charge in [-0.3, -0.25) is 15.1 Å². The van der Waals surface area contributed by atoms with E-state index in [0.29, 0.717) is 16.3 Å². The van der Waals surface area contributed by atoms with E-state index in [1.807, 2.05) is 32.0 Å². The summed E-state index contributed by atoms with van der Waals surface area (Å²) in [5, 5.41) is 6.27. The van der Waals surface area contributed by atoms with Crippen LogP contribution >= 0.6 is 11.6 Å². The van der Waals surface area contributed by atoms with Gasteiger partial charge >= 0.3 is 6.09 Å². The van der Waals surface area contributed by atoms with Crippen LogP contribution in [0.1, 0.15) is 47.1 Å². The molecule has 0 aliphatic heterocycles. The number of anilines is 1. The van der Waals surface area contributed by atoms with Crippen LogP contribution in [0.5, 0.6) is 0 Å². The monoisotopic (exact) mass is 437 g/mol. The molecule has 0 spiro atoms. The van der Waals surface area contributed by atoms with E-state index in [1.54, 1.807) is 48.7 Å². The topological polar surface area (TPSA) is 80.3 Å². The zero-order valence-electron chi connectivity index (χ0n) is 17.4. The Morgan fingerprint density at radius 3 is 2.35 bits per heavy atom. The number of amides is 2. The average molecular weight is 438 g/mol. The quantitative estimate of drug-likeness (QED) is 0.508. The lowest BCUT2D eigenvalue weighted by Crippen LogP contribution is -2.26. The molecule has 0 saturated heterocycles. The van der Waals surface area contributed by atoms with Crippen LogP contribution in [0.4, 0.5) is 10.5 Å². The fourth-order valence-corrected chi connectivity index (χ4v) is 3.00. The second kappa shape index (κ2) is 10.6. The van der Waals surface area contributed by atoms with E-state index in [2.05, 4.69) is 15.6 Å². The molecule has 7 heteroatoms. The standard InChI is InChI=1S/C24H24ClN3O3/c1-3-21-11-8-19(14-26-21)23(29)27-16(2)18-6-12-22(13-7-18)28-24(30)31-15-17-4-9-20(25)10-5-17/h4-14,16H,3,15H2,1-2H3,(H,27,29)(H,28,30)/t16-/m0/s1. The molecule has 0 saturated carbocycles. The molecule has 0 unspecified atom stereocenters. The molecule has 0 aliphatic rings. The van der Waals surface area contributed by atoms with Crippen molar-refractivity contribution in [1.82, 2.24) is 10.3 Å². The highest BCUT2D eigenvalue weighted by molar-refractivity contribution is 6.30. The largest absolute Gasteiger partial charge is 0.444 e. The van der Waals surface area contributed by atoms with Crippen molar-refractivity contribution in [3.8, 4) is 0 Å². The molecular weight excluding hydrogens is 414 g/mol. The van der Waals surface area contributed by atoms with E-state index in [1.165, 1.54) is 0 Å². The van der Waals surface area contributed by atoms with Crippen LogP contribution < -0.4 is 10.6 Å². The highest BCUT2D eigenvalue weighted by Gasteiger charge is 2.12. The number of carbonyl (C=O) groups excluding carboxylic acids is 2. The Bertz CT molecular complexity index is 1020. The van der Waals surface area contributed by atoms with Gasteiger partial charge in [-0.15, -0.1) is 0 Å². The maximum absolute atomic E-state index is 12.4. The second-order valence-corrected chi connectivity index (χ2v) is 7.47. The Balaban J connectivity index is 1.50. The number of nitrogens with zero attached hydrogens (tertiary/aromatic N) is 1. The van der Waals surface area contributed by atoms with Gasteiger partial charge < -0.3 is 10.1 Å². The van der Waals surface area contributed by atoms with Crippen molar-refractivity contribution in [3.05, 3.63) is 94.3 Å². The van der Waals surface area contributed by atoms with Gasteiger partial charge in [-0.05, 0) is 60.9 Å². The van der Waals surface area contributed by atoms with Crippen molar-refractivity contribution in [1.29, 1.82) is 0 Å². The van der Waals surface area contributed by atoms with Crippen LogP contribution in [0.3, 0.4) is 0 Å². The first kappa shape index (κ1) is 22.3. The van der Waals surface area contributed by atoms with Crippen LogP contribution in [-0.2, 0) is 17.8 Å². The molecule has 2 N–H and O–H groups in total. The first-order valence-electron chi connectivity index (χ1n) is 9.98. The van der Waals surface area contributed by atoms with E-state index in [0.717, 1.165) is 23.2 Å².